The zero-order chi connectivity index (χ0) is 56.6. The molecule has 1 heterocycles. The summed E-state index contributed by atoms with van der Waals surface area (Å²) in [7, 11) is 1.58. The molecule has 24 nitrogen and oxygen atoms in total. The largest absolute Gasteiger partial charge is 0.508 e. The first-order valence-electron chi connectivity index (χ1n) is 26.4. The number of aromatic nitrogens is 3. The highest BCUT2D eigenvalue weighted by Crippen LogP contribution is 2.22. The Hall–Kier alpha value is -6.21. The van der Waals surface area contributed by atoms with Crippen molar-refractivity contribution in [1.29, 1.82) is 0 Å². The van der Waals surface area contributed by atoms with Gasteiger partial charge >= 0.3 is 0 Å². The number of ketones is 4. The molecular weight excluding hydrogens is 985 g/mol. The predicted octanol–water partition coefficient (Wildman–Crippen LogP) is -0.350. The Morgan fingerprint density at radius 3 is 1.86 bits per heavy atom. The van der Waals surface area contributed by atoms with Gasteiger partial charge in [-0.1, -0.05) is 44.0 Å². The number of Topliss-reactive ketones (excluding diaryl/α,β-unsaturated/α-hetero) is 4. The molecule has 4 amide bonds. The number of benzene rings is 1. The number of aliphatic hydroxyl groups excluding tert-OH is 2. The minimum absolute atomic E-state index is 0.00792. The Morgan fingerprint density at radius 1 is 0.711 bits per heavy atom. The van der Waals surface area contributed by atoms with Crippen LogP contribution in [0, 0.1) is 29.6 Å². The molecular formula is C52H86N12O12. The molecule has 0 unspecified atom stereocenters. The number of aromatic hydroxyl groups is 1. The molecule has 1 aromatic carbocycles. The van der Waals surface area contributed by atoms with Crippen molar-refractivity contribution >= 4 is 52.7 Å². The van der Waals surface area contributed by atoms with Gasteiger partial charge in [-0.2, -0.15) is 0 Å². The van der Waals surface area contributed by atoms with E-state index in [0.29, 0.717) is 88.9 Å². The van der Waals surface area contributed by atoms with Gasteiger partial charge in [0, 0.05) is 81.7 Å². The molecule has 15 N–H and O–H groups in total. The number of amides is 4. The zero-order valence-electron chi connectivity index (χ0n) is 44.9. The van der Waals surface area contributed by atoms with Gasteiger partial charge in [-0.05, 0) is 95.0 Å². The number of guanidine groups is 1. The van der Waals surface area contributed by atoms with Gasteiger partial charge in [0.25, 0.3) is 0 Å². The van der Waals surface area contributed by atoms with Gasteiger partial charge in [-0.15, -0.1) is 5.10 Å². The number of phenols is 1. The van der Waals surface area contributed by atoms with E-state index in [1.807, 2.05) is 0 Å². The second-order valence-corrected chi connectivity index (χ2v) is 19.7. The molecule has 2 rings (SSSR count). The lowest BCUT2D eigenvalue weighted by molar-refractivity contribution is -0.136. The molecule has 0 aliphatic carbocycles. The van der Waals surface area contributed by atoms with Crippen molar-refractivity contribution in [2.75, 3.05) is 53.1 Å². The highest BCUT2D eigenvalue weighted by Gasteiger charge is 2.34. The Kier molecular flexibility index (Phi) is 31.8. The number of methoxy groups -OCH3 is 1. The topological polar surface area (TPSA) is 402 Å². The number of unbranched alkanes of at least 4 members (excludes halogenated alkanes) is 2. The molecule has 0 aliphatic rings. The van der Waals surface area contributed by atoms with Crippen LogP contribution in [0.2, 0.25) is 0 Å². The fourth-order valence-electron chi connectivity index (χ4n) is 8.40. The summed E-state index contributed by atoms with van der Waals surface area (Å²) in [4.78, 5) is 113. The zero-order valence-corrected chi connectivity index (χ0v) is 44.9. The van der Waals surface area contributed by atoms with Crippen LogP contribution >= 0.6 is 0 Å². The number of carbonyl (C=O) groups excluding carboxylic acids is 8. The molecule has 0 radical (unpaired) electrons. The van der Waals surface area contributed by atoms with Crippen LogP contribution in [0.25, 0.3) is 0 Å². The average molecular weight is 1070 g/mol. The first kappa shape index (κ1) is 65.9. The second kappa shape index (κ2) is 36.7. The number of nitrogens with one attached hydrogen (secondary N) is 4. The number of rotatable bonds is 42. The molecule has 76 heavy (non-hydrogen) atoms. The standard InChI is InChI=1S/C52H86N12O12/c1-33(2)43(28-42(69)29-58-48(72)36(11-5-7-19-53)25-41(68)18-15-39-30-64(63-62-39)22-23-76-4)51(75)61-45(32-66)46(70)26-37(12-6-8-20-54)49(73)60-44(31-65)47(71)27-38(24-35-13-16-40(67)17-14-35)50(74)59-34(3)10-9-21-57-52(55)56/h13-14,16-17,30,33-34,36-38,43-45,65-67H,5-12,15,18-29,31-32,53-54H2,1-4H3,(H,58,72)(H,59,74)(H,60,73)(H,61,75)(H4,55,56,57)/t34-,36-,37-,38-,43+,44+,45+/m1/s1. The van der Waals surface area contributed by atoms with Gasteiger partial charge < -0.3 is 64.3 Å². The highest BCUT2D eigenvalue weighted by atomic mass is 16.5. The fraction of sp³-hybridized carbons (Fsp3) is 0.673. The monoisotopic (exact) mass is 1070 g/mol. The van der Waals surface area contributed by atoms with Crippen LogP contribution in [-0.2, 0) is 62.5 Å². The van der Waals surface area contributed by atoms with E-state index in [2.05, 4.69) is 36.6 Å². The number of hydrogen-bond acceptors (Lipinski definition) is 17. The van der Waals surface area contributed by atoms with Gasteiger partial charge in [0.2, 0.25) is 23.6 Å². The molecule has 24 heteroatoms. The molecule has 0 aliphatic heterocycles. The first-order valence-corrected chi connectivity index (χ1v) is 26.4. The first-order chi connectivity index (χ1) is 36.2. The molecule has 426 valence electrons. The molecule has 0 saturated heterocycles. The van der Waals surface area contributed by atoms with E-state index in [1.165, 1.54) is 12.1 Å². The molecule has 1 aromatic heterocycles. The summed E-state index contributed by atoms with van der Waals surface area (Å²) in [5, 5.41) is 49.3. The third-order valence-corrected chi connectivity index (χ3v) is 13.0. The summed E-state index contributed by atoms with van der Waals surface area (Å²) in [5.74, 6) is -8.64. The van der Waals surface area contributed by atoms with Gasteiger partial charge in [0.05, 0.1) is 38.6 Å². The third-order valence-electron chi connectivity index (χ3n) is 13.0. The SMILES string of the molecule is COCCn1cc(CCC(=O)C[C@@H](CCCCN)C(=O)NCC(=O)C[C@H](C(=O)N[C@@H](CO)C(=O)C[C@@H](CCCCN)C(=O)N[C@@H](CO)C(=O)C[C@@H](Cc2ccc(O)cc2)C(=O)N[C@H](C)CCCN=C(N)N)C(C)C)nn1. The van der Waals surface area contributed by atoms with E-state index < -0.39 is 109 Å². The quantitative estimate of drug-likeness (QED) is 0.0230. The van der Waals surface area contributed by atoms with E-state index in [9.17, 15) is 53.7 Å². The summed E-state index contributed by atoms with van der Waals surface area (Å²) >= 11 is 0. The Bertz CT molecular complexity index is 2150. The summed E-state index contributed by atoms with van der Waals surface area (Å²) in [5.41, 5.74) is 23.5. The van der Waals surface area contributed by atoms with Gasteiger partial charge in [-0.3, -0.25) is 43.3 Å². The fourth-order valence-corrected chi connectivity index (χ4v) is 8.40. The van der Waals surface area contributed by atoms with Crippen molar-refractivity contribution in [3.63, 3.8) is 0 Å². The maximum Gasteiger partial charge on any atom is 0.224 e. The van der Waals surface area contributed by atoms with Crippen LogP contribution in [0.5, 0.6) is 5.75 Å². The maximum absolute atomic E-state index is 13.9. The number of ether oxygens (including phenoxy) is 1. The Balaban J connectivity index is 2.12. The number of hydrogen-bond donors (Lipinski definition) is 11. The summed E-state index contributed by atoms with van der Waals surface area (Å²) < 4.78 is 6.67. The van der Waals surface area contributed by atoms with Crippen LogP contribution < -0.4 is 44.2 Å². The smallest absolute Gasteiger partial charge is 0.224 e. The highest BCUT2D eigenvalue weighted by molar-refractivity contribution is 5.97. The number of phenolic OH excluding ortho intramolecular Hbond substituents is 1. The van der Waals surface area contributed by atoms with Crippen LogP contribution in [0.1, 0.15) is 115 Å². The third kappa shape index (κ3) is 26.0. The molecule has 0 spiro atoms. The van der Waals surface area contributed by atoms with Crippen molar-refractivity contribution in [2.24, 2.45) is 57.5 Å². The van der Waals surface area contributed by atoms with E-state index in [-0.39, 0.29) is 68.6 Å². The van der Waals surface area contributed by atoms with Gasteiger partial charge in [0.15, 0.2) is 23.3 Å². The average Bonchev–Trinajstić information content (AvgIpc) is 3.85. The lowest BCUT2D eigenvalue weighted by atomic mass is 9.88. The predicted molar refractivity (Wildman–Crippen MR) is 284 cm³/mol. The van der Waals surface area contributed by atoms with Crippen LogP contribution in [0.4, 0.5) is 0 Å². The van der Waals surface area contributed by atoms with E-state index in [4.69, 9.17) is 27.7 Å². The van der Waals surface area contributed by atoms with E-state index in [1.54, 1.807) is 50.9 Å². The van der Waals surface area contributed by atoms with Gasteiger partial charge in [0.1, 0.15) is 23.6 Å². The summed E-state index contributed by atoms with van der Waals surface area (Å²) in [6, 6.07) is 2.85. The van der Waals surface area contributed by atoms with E-state index >= 15 is 0 Å². The van der Waals surface area contributed by atoms with Crippen molar-refractivity contribution < 1.29 is 58.4 Å². The number of carbonyl (C=O) groups is 8. The lowest BCUT2D eigenvalue weighted by Gasteiger charge is -2.25. The van der Waals surface area contributed by atoms with E-state index in [0.717, 1.165) is 0 Å². The molecule has 0 fully saturated rings. The normalized spacial score (nSPS) is 14.1. The van der Waals surface area contributed by atoms with Crippen LogP contribution in [-0.4, -0.2) is 154 Å². The number of aryl methyl sites for hydroxylation is 1. The number of nitrogens with two attached hydrogens (primary N) is 4. The second-order valence-electron chi connectivity index (χ2n) is 19.7. The number of aliphatic hydroxyl groups is 2. The summed E-state index contributed by atoms with van der Waals surface area (Å²) in [6.07, 6.45) is 4.73. The number of aliphatic imine (C=N–C) groups is 1. The number of nitrogens with zero attached hydrogens (tertiary/aromatic N) is 4. The van der Waals surface area contributed by atoms with Crippen molar-refractivity contribution in [3.05, 3.63) is 41.7 Å². The van der Waals surface area contributed by atoms with Crippen molar-refractivity contribution in [1.82, 2.24) is 36.3 Å². The lowest BCUT2D eigenvalue weighted by Crippen LogP contribution is -2.50. The molecule has 7 atom stereocenters. The van der Waals surface area contributed by atoms with Crippen molar-refractivity contribution in [3.8, 4) is 5.75 Å². The van der Waals surface area contributed by atoms with Crippen LogP contribution in [0.15, 0.2) is 35.5 Å². The summed E-state index contributed by atoms with van der Waals surface area (Å²) in [6.45, 7) is 5.10. The maximum atomic E-state index is 13.9. The minimum Gasteiger partial charge on any atom is -0.508 e. The molecule has 2 aromatic rings. The van der Waals surface area contributed by atoms with Gasteiger partial charge in [-0.25, -0.2) is 4.68 Å². The van der Waals surface area contributed by atoms with Crippen molar-refractivity contribution in [2.45, 2.75) is 142 Å². The minimum atomic E-state index is -1.48. The molecule has 0 bridgehead atoms. The Labute approximate surface area is 446 Å². The Morgan fingerprint density at radius 2 is 1.29 bits per heavy atom. The van der Waals surface area contributed by atoms with Crippen LogP contribution in [0.3, 0.4) is 0 Å². The molecule has 0 saturated carbocycles.